The molecule has 2 N–H and O–H groups in total. The Morgan fingerprint density at radius 1 is 1.07 bits per heavy atom. The van der Waals surface area contributed by atoms with Crippen molar-refractivity contribution in [3.63, 3.8) is 0 Å². The number of rotatable bonds is 4. The molecule has 2 aliphatic rings. The average Bonchev–Trinajstić information content (AvgIpc) is 3.20. The Hall–Kier alpha value is -1.71. The summed E-state index contributed by atoms with van der Waals surface area (Å²) in [4.78, 5) is 23.1. The van der Waals surface area contributed by atoms with Crippen LogP contribution in [-0.2, 0) is 4.79 Å². The van der Waals surface area contributed by atoms with Crippen molar-refractivity contribution in [2.45, 2.75) is 19.8 Å². The maximum absolute atomic E-state index is 12.2. The van der Waals surface area contributed by atoms with E-state index in [1.165, 1.54) is 0 Å². The number of phenolic OH excluding ortho intramolecular Hbond substituents is 1. The van der Waals surface area contributed by atoms with E-state index in [2.05, 4.69) is 20.1 Å². The number of likely N-dealkylation sites (tertiary alicyclic amines) is 1. The molecule has 0 unspecified atom stereocenters. The standard InChI is InChI=1S/C19H29N5O2.HI/c1-2-20-19(21-15-18(26)23-9-5-6-10-23)24-13-11-22(12-14-24)16-7-3-4-8-17(16)25;/h3-4,7-8,25H,2,5-6,9-15H2,1H3,(H,20,21);1H. The highest BCUT2D eigenvalue weighted by Gasteiger charge is 2.22. The molecular weight excluding hydrogens is 457 g/mol. The van der Waals surface area contributed by atoms with E-state index in [4.69, 9.17) is 0 Å². The summed E-state index contributed by atoms with van der Waals surface area (Å²) in [6, 6.07) is 7.44. The molecule has 7 nitrogen and oxygen atoms in total. The molecule has 0 aromatic heterocycles. The van der Waals surface area contributed by atoms with Gasteiger partial charge in [0, 0.05) is 45.8 Å². The molecule has 0 saturated carbocycles. The molecule has 1 amide bonds. The van der Waals surface area contributed by atoms with E-state index in [-0.39, 0.29) is 36.4 Å². The number of nitrogens with zero attached hydrogens (tertiary/aromatic N) is 4. The molecule has 2 fully saturated rings. The molecule has 1 aromatic rings. The zero-order chi connectivity index (χ0) is 18.4. The number of carbonyl (C=O) groups excluding carboxylic acids is 1. The van der Waals surface area contributed by atoms with Crippen molar-refractivity contribution in [3.05, 3.63) is 24.3 Å². The fourth-order valence-electron chi connectivity index (χ4n) is 3.53. The number of carbonyl (C=O) groups is 1. The summed E-state index contributed by atoms with van der Waals surface area (Å²) in [5, 5.41) is 13.3. The Morgan fingerprint density at radius 2 is 1.74 bits per heavy atom. The minimum atomic E-state index is 0. The number of nitrogens with one attached hydrogen (secondary N) is 1. The van der Waals surface area contributed by atoms with Gasteiger partial charge in [-0.3, -0.25) is 4.79 Å². The highest BCUT2D eigenvalue weighted by molar-refractivity contribution is 14.0. The molecule has 150 valence electrons. The largest absolute Gasteiger partial charge is 0.506 e. The van der Waals surface area contributed by atoms with Gasteiger partial charge in [0.05, 0.1) is 5.69 Å². The van der Waals surface area contributed by atoms with Crippen molar-refractivity contribution < 1.29 is 9.90 Å². The zero-order valence-corrected chi connectivity index (χ0v) is 18.3. The van der Waals surface area contributed by atoms with Crippen molar-refractivity contribution in [2.75, 3.05) is 57.3 Å². The predicted molar refractivity (Wildman–Crippen MR) is 119 cm³/mol. The number of halogens is 1. The fourth-order valence-corrected chi connectivity index (χ4v) is 3.53. The Morgan fingerprint density at radius 3 is 2.37 bits per heavy atom. The van der Waals surface area contributed by atoms with Gasteiger partial charge >= 0.3 is 0 Å². The lowest BCUT2D eigenvalue weighted by Crippen LogP contribution is -2.52. The molecular formula is C19H30IN5O2. The van der Waals surface area contributed by atoms with Crippen molar-refractivity contribution in [2.24, 2.45) is 4.99 Å². The molecule has 0 spiro atoms. The number of aliphatic imine (C=N–C) groups is 1. The number of benzene rings is 1. The maximum Gasteiger partial charge on any atom is 0.244 e. The normalized spacial score (nSPS) is 17.7. The SMILES string of the molecule is CCNC(=NCC(=O)N1CCCC1)N1CCN(c2ccccc2O)CC1.I. The molecule has 2 aliphatic heterocycles. The molecule has 0 radical (unpaired) electrons. The van der Waals surface area contributed by atoms with E-state index >= 15 is 0 Å². The second-order valence-corrected chi connectivity index (χ2v) is 6.72. The van der Waals surface area contributed by atoms with Gasteiger partial charge < -0.3 is 25.1 Å². The van der Waals surface area contributed by atoms with Crippen molar-refractivity contribution in [1.82, 2.24) is 15.1 Å². The first-order valence-electron chi connectivity index (χ1n) is 9.53. The van der Waals surface area contributed by atoms with Gasteiger partial charge in [-0.1, -0.05) is 12.1 Å². The number of hydrogen-bond donors (Lipinski definition) is 2. The molecule has 0 atom stereocenters. The van der Waals surface area contributed by atoms with Gasteiger partial charge in [-0.25, -0.2) is 4.99 Å². The van der Waals surface area contributed by atoms with Crippen LogP contribution in [0.25, 0.3) is 0 Å². The summed E-state index contributed by atoms with van der Waals surface area (Å²) < 4.78 is 0. The quantitative estimate of drug-likeness (QED) is 0.385. The van der Waals surface area contributed by atoms with Gasteiger partial charge in [-0.05, 0) is 31.9 Å². The summed E-state index contributed by atoms with van der Waals surface area (Å²) in [6.07, 6.45) is 2.20. The van der Waals surface area contributed by atoms with E-state index in [1.807, 2.05) is 30.0 Å². The van der Waals surface area contributed by atoms with Crippen LogP contribution in [0.3, 0.4) is 0 Å². The molecule has 0 bridgehead atoms. The second-order valence-electron chi connectivity index (χ2n) is 6.72. The van der Waals surface area contributed by atoms with Gasteiger partial charge in [-0.2, -0.15) is 0 Å². The maximum atomic E-state index is 12.2. The monoisotopic (exact) mass is 487 g/mol. The van der Waals surface area contributed by atoms with Gasteiger partial charge in [0.25, 0.3) is 0 Å². The van der Waals surface area contributed by atoms with Gasteiger partial charge in [0.2, 0.25) is 5.91 Å². The number of phenols is 1. The summed E-state index contributed by atoms with van der Waals surface area (Å²) in [5.41, 5.74) is 0.873. The molecule has 3 rings (SSSR count). The van der Waals surface area contributed by atoms with Crippen LogP contribution < -0.4 is 10.2 Å². The van der Waals surface area contributed by atoms with Crippen LogP contribution >= 0.6 is 24.0 Å². The van der Waals surface area contributed by atoms with E-state index in [1.54, 1.807) is 6.07 Å². The minimum absolute atomic E-state index is 0. The van der Waals surface area contributed by atoms with Crippen LogP contribution in [0.15, 0.2) is 29.3 Å². The van der Waals surface area contributed by atoms with Crippen LogP contribution in [0, 0.1) is 0 Å². The third-order valence-electron chi connectivity index (χ3n) is 4.96. The molecule has 0 aliphatic carbocycles. The van der Waals surface area contributed by atoms with E-state index < -0.39 is 0 Å². The lowest BCUT2D eigenvalue weighted by Gasteiger charge is -2.37. The number of piperazine rings is 1. The molecule has 8 heteroatoms. The topological polar surface area (TPSA) is 71.4 Å². The van der Waals surface area contributed by atoms with Crippen LogP contribution in [0.1, 0.15) is 19.8 Å². The Bertz CT molecular complexity index is 641. The second kappa shape index (κ2) is 10.6. The summed E-state index contributed by atoms with van der Waals surface area (Å²) in [5.74, 6) is 1.24. The Balaban J connectivity index is 0.00000261. The molecule has 1 aromatic carbocycles. The summed E-state index contributed by atoms with van der Waals surface area (Å²) in [6.45, 7) is 7.98. The van der Waals surface area contributed by atoms with E-state index in [0.717, 1.165) is 70.3 Å². The highest BCUT2D eigenvalue weighted by atomic mass is 127. The fraction of sp³-hybridized carbons (Fsp3) is 0.579. The predicted octanol–water partition coefficient (Wildman–Crippen LogP) is 1.72. The van der Waals surface area contributed by atoms with Crippen LogP contribution in [0.5, 0.6) is 5.75 Å². The lowest BCUT2D eigenvalue weighted by molar-refractivity contribution is -0.128. The smallest absolute Gasteiger partial charge is 0.244 e. The van der Waals surface area contributed by atoms with Gasteiger partial charge in [0.1, 0.15) is 12.3 Å². The van der Waals surface area contributed by atoms with Crippen LogP contribution in [0.4, 0.5) is 5.69 Å². The number of amides is 1. The average molecular weight is 487 g/mol. The van der Waals surface area contributed by atoms with Gasteiger partial charge in [0.15, 0.2) is 5.96 Å². The number of anilines is 1. The number of hydrogen-bond acceptors (Lipinski definition) is 4. The Kier molecular flexibility index (Phi) is 8.46. The van der Waals surface area contributed by atoms with Crippen molar-refractivity contribution in [1.29, 1.82) is 0 Å². The van der Waals surface area contributed by atoms with Crippen molar-refractivity contribution in [3.8, 4) is 5.75 Å². The Labute approximate surface area is 178 Å². The highest BCUT2D eigenvalue weighted by Crippen LogP contribution is 2.27. The first-order chi connectivity index (χ1) is 12.7. The van der Waals surface area contributed by atoms with E-state index in [9.17, 15) is 9.90 Å². The van der Waals surface area contributed by atoms with Gasteiger partial charge in [-0.15, -0.1) is 24.0 Å². The van der Waals surface area contributed by atoms with E-state index in [0.29, 0.717) is 5.75 Å². The third kappa shape index (κ3) is 5.63. The number of para-hydroxylation sites is 2. The van der Waals surface area contributed by atoms with Crippen LogP contribution in [0.2, 0.25) is 0 Å². The minimum Gasteiger partial charge on any atom is -0.506 e. The van der Waals surface area contributed by atoms with Crippen LogP contribution in [-0.4, -0.2) is 79.1 Å². The summed E-state index contributed by atoms with van der Waals surface area (Å²) >= 11 is 0. The first-order valence-corrected chi connectivity index (χ1v) is 9.53. The molecule has 2 saturated heterocycles. The first kappa shape index (κ1) is 21.6. The molecule has 2 heterocycles. The molecule has 27 heavy (non-hydrogen) atoms. The number of aromatic hydroxyl groups is 1. The van der Waals surface area contributed by atoms with Crippen molar-refractivity contribution >= 4 is 41.5 Å². The zero-order valence-electron chi connectivity index (χ0n) is 15.9. The summed E-state index contributed by atoms with van der Waals surface area (Å²) in [7, 11) is 0. The number of guanidine groups is 1. The third-order valence-corrected chi connectivity index (χ3v) is 4.96. The lowest BCUT2D eigenvalue weighted by atomic mass is 10.2.